The van der Waals surface area contributed by atoms with Gasteiger partial charge in [0.2, 0.25) is 0 Å². The van der Waals surface area contributed by atoms with Crippen LogP contribution >= 0.6 is 11.6 Å². The maximum atomic E-state index is 14.6. The molecule has 1 aliphatic heterocycles. The lowest BCUT2D eigenvalue weighted by molar-refractivity contribution is 0.113. The van der Waals surface area contributed by atoms with Crippen LogP contribution in [0.15, 0.2) is 24.4 Å². The molecule has 1 aliphatic rings. The molecule has 5 nitrogen and oxygen atoms in total. The molecular weight excluding hydrogens is 321 g/mol. The van der Waals surface area contributed by atoms with Crippen molar-refractivity contribution in [1.82, 2.24) is 9.88 Å². The minimum atomic E-state index is -0.402. The quantitative estimate of drug-likeness (QED) is 0.908. The minimum absolute atomic E-state index is 0.0991. The van der Waals surface area contributed by atoms with Gasteiger partial charge in [0.15, 0.2) is 5.82 Å². The van der Waals surface area contributed by atoms with Crippen molar-refractivity contribution in [2.24, 2.45) is 0 Å². The van der Waals surface area contributed by atoms with Crippen LogP contribution < -0.4 is 5.32 Å². The fourth-order valence-corrected chi connectivity index (χ4v) is 3.03. The summed E-state index contributed by atoms with van der Waals surface area (Å²) in [5, 5.41) is 4.28. The van der Waals surface area contributed by atoms with E-state index >= 15 is 0 Å². The number of anilines is 1. The van der Waals surface area contributed by atoms with Crippen LogP contribution in [-0.2, 0) is 4.74 Å². The fourth-order valence-electron chi connectivity index (χ4n) is 2.82. The van der Waals surface area contributed by atoms with Crippen molar-refractivity contribution in [2.45, 2.75) is 18.9 Å². The molecule has 0 bridgehead atoms. The number of carbonyl (C=O) groups excluding carboxylic acids is 1. The highest BCUT2D eigenvalue weighted by atomic mass is 35.5. The van der Waals surface area contributed by atoms with Gasteiger partial charge in [0.1, 0.15) is 5.52 Å². The third-order valence-electron chi connectivity index (χ3n) is 4.09. The number of ether oxygens (including phenoxy) is 1. The predicted octanol–water partition coefficient (Wildman–Crippen LogP) is 3.67. The van der Waals surface area contributed by atoms with Crippen molar-refractivity contribution >= 4 is 34.3 Å². The highest BCUT2D eigenvalue weighted by Gasteiger charge is 2.24. The molecule has 2 aromatic rings. The number of hydrogen-bond acceptors (Lipinski definition) is 4. The van der Waals surface area contributed by atoms with Gasteiger partial charge < -0.3 is 15.0 Å². The Morgan fingerprint density at radius 2 is 2.13 bits per heavy atom. The lowest BCUT2D eigenvalue weighted by Gasteiger charge is -2.32. The number of likely N-dealkylation sites (tertiary alicyclic amines) is 1. The van der Waals surface area contributed by atoms with E-state index in [0.29, 0.717) is 29.2 Å². The average molecular weight is 338 g/mol. The second-order valence-electron chi connectivity index (χ2n) is 5.49. The number of nitrogens with one attached hydrogen (secondary N) is 1. The molecule has 0 atom stereocenters. The van der Waals surface area contributed by atoms with E-state index in [2.05, 4.69) is 10.3 Å². The smallest absolute Gasteiger partial charge is 0.409 e. The van der Waals surface area contributed by atoms with Gasteiger partial charge in [-0.25, -0.2) is 9.18 Å². The molecule has 0 radical (unpaired) electrons. The van der Waals surface area contributed by atoms with Crippen molar-refractivity contribution in [2.75, 3.05) is 25.5 Å². The molecule has 1 aromatic heterocycles. The number of pyridine rings is 1. The van der Waals surface area contributed by atoms with Crippen molar-refractivity contribution in [3.63, 3.8) is 0 Å². The molecule has 0 saturated carbocycles. The summed E-state index contributed by atoms with van der Waals surface area (Å²) in [6, 6.07) is 5.18. The molecule has 0 spiro atoms. The van der Waals surface area contributed by atoms with Gasteiger partial charge in [-0.05, 0) is 31.0 Å². The maximum Gasteiger partial charge on any atom is 0.409 e. The summed E-state index contributed by atoms with van der Waals surface area (Å²) in [6.45, 7) is 1.17. The molecular formula is C16H17ClFN3O2. The number of rotatable bonds is 2. The van der Waals surface area contributed by atoms with Crippen molar-refractivity contribution in [3.05, 3.63) is 35.2 Å². The molecule has 1 N–H and O–H groups in total. The summed E-state index contributed by atoms with van der Waals surface area (Å²) in [5.74, 6) is -0.402. The van der Waals surface area contributed by atoms with Crippen LogP contribution in [-0.4, -0.2) is 42.2 Å². The van der Waals surface area contributed by atoms with Gasteiger partial charge in [-0.3, -0.25) is 4.98 Å². The Morgan fingerprint density at radius 3 is 2.83 bits per heavy atom. The zero-order valence-electron chi connectivity index (χ0n) is 12.7. The van der Waals surface area contributed by atoms with Gasteiger partial charge in [-0.1, -0.05) is 11.6 Å². The van der Waals surface area contributed by atoms with Gasteiger partial charge in [0.05, 0.1) is 17.8 Å². The Morgan fingerprint density at radius 1 is 1.39 bits per heavy atom. The third kappa shape index (κ3) is 3.17. The van der Waals surface area contributed by atoms with Gasteiger partial charge in [0.25, 0.3) is 0 Å². The second-order valence-corrected chi connectivity index (χ2v) is 5.90. The summed E-state index contributed by atoms with van der Waals surface area (Å²) < 4.78 is 19.3. The number of methoxy groups -OCH3 is 1. The van der Waals surface area contributed by atoms with Crippen LogP contribution in [0.4, 0.5) is 14.9 Å². The Labute approximate surface area is 138 Å². The van der Waals surface area contributed by atoms with E-state index in [9.17, 15) is 9.18 Å². The molecule has 7 heteroatoms. The molecule has 1 aromatic carbocycles. The number of piperidine rings is 1. The van der Waals surface area contributed by atoms with Crippen LogP contribution in [0.2, 0.25) is 5.02 Å². The first-order chi connectivity index (χ1) is 11.1. The molecule has 122 valence electrons. The number of aromatic nitrogens is 1. The minimum Gasteiger partial charge on any atom is -0.453 e. The van der Waals surface area contributed by atoms with Gasteiger partial charge in [0, 0.05) is 30.7 Å². The number of carbonyl (C=O) groups is 1. The Bertz CT molecular complexity index is 733. The van der Waals surface area contributed by atoms with E-state index in [1.165, 1.54) is 13.3 Å². The van der Waals surface area contributed by atoms with E-state index in [4.69, 9.17) is 16.3 Å². The fraction of sp³-hybridized carbons (Fsp3) is 0.375. The van der Waals surface area contributed by atoms with E-state index in [0.717, 1.165) is 12.8 Å². The number of fused-ring (bicyclic) bond motifs is 1. The van der Waals surface area contributed by atoms with Crippen molar-refractivity contribution < 1.29 is 13.9 Å². The van der Waals surface area contributed by atoms with E-state index in [1.54, 1.807) is 23.1 Å². The average Bonchev–Trinajstić information content (AvgIpc) is 2.58. The summed E-state index contributed by atoms with van der Waals surface area (Å²) in [6.07, 6.45) is 2.64. The first-order valence-electron chi connectivity index (χ1n) is 7.42. The zero-order chi connectivity index (χ0) is 16.4. The summed E-state index contributed by atoms with van der Waals surface area (Å²) >= 11 is 6.06. The molecule has 0 unspecified atom stereocenters. The predicted molar refractivity (Wildman–Crippen MR) is 87.3 cm³/mol. The first kappa shape index (κ1) is 15.8. The number of amides is 1. The van der Waals surface area contributed by atoms with E-state index in [1.807, 2.05) is 0 Å². The molecule has 3 rings (SSSR count). The van der Waals surface area contributed by atoms with Crippen molar-refractivity contribution in [3.8, 4) is 0 Å². The molecule has 0 aliphatic carbocycles. The van der Waals surface area contributed by atoms with Crippen LogP contribution in [0.3, 0.4) is 0 Å². The Kier molecular flexibility index (Phi) is 4.52. The van der Waals surface area contributed by atoms with Crippen LogP contribution in [0.1, 0.15) is 12.8 Å². The zero-order valence-corrected chi connectivity index (χ0v) is 13.4. The maximum absolute atomic E-state index is 14.6. The molecule has 2 heterocycles. The number of benzene rings is 1. The summed E-state index contributed by atoms with van der Waals surface area (Å²) in [4.78, 5) is 17.2. The normalized spacial score (nSPS) is 15.7. The molecule has 1 saturated heterocycles. The summed E-state index contributed by atoms with van der Waals surface area (Å²) in [5.41, 5.74) is 0.665. The lowest BCUT2D eigenvalue weighted by atomic mass is 10.0. The summed E-state index contributed by atoms with van der Waals surface area (Å²) in [7, 11) is 1.37. The number of nitrogens with zero attached hydrogens (tertiary/aromatic N) is 2. The standard InChI is InChI=1S/C16H17ClFN3O2/c1-23-16(22)21-8-5-10(6-9-21)20-13-3-2-11-12(17)4-7-19-15(11)14(13)18/h2-4,7,10,20H,5-6,8-9H2,1H3. The van der Waals surface area contributed by atoms with E-state index < -0.39 is 5.82 Å². The molecule has 1 fully saturated rings. The van der Waals surface area contributed by atoms with Crippen LogP contribution in [0, 0.1) is 5.82 Å². The number of hydrogen-bond donors (Lipinski definition) is 1. The molecule has 23 heavy (non-hydrogen) atoms. The number of halogens is 2. The van der Waals surface area contributed by atoms with Gasteiger partial charge >= 0.3 is 6.09 Å². The third-order valence-corrected chi connectivity index (χ3v) is 4.41. The monoisotopic (exact) mass is 337 g/mol. The Balaban J connectivity index is 1.73. The first-order valence-corrected chi connectivity index (χ1v) is 7.80. The second kappa shape index (κ2) is 6.58. The van der Waals surface area contributed by atoms with Crippen LogP contribution in [0.5, 0.6) is 0 Å². The highest BCUT2D eigenvalue weighted by molar-refractivity contribution is 6.35. The molecule has 1 amide bonds. The SMILES string of the molecule is COC(=O)N1CCC(Nc2ccc3c(Cl)ccnc3c2F)CC1. The van der Waals surface area contributed by atoms with Gasteiger partial charge in [-0.15, -0.1) is 0 Å². The van der Waals surface area contributed by atoms with Crippen molar-refractivity contribution in [1.29, 1.82) is 0 Å². The Hall–Kier alpha value is -2.08. The van der Waals surface area contributed by atoms with E-state index in [-0.39, 0.29) is 17.7 Å². The lowest BCUT2D eigenvalue weighted by Crippen LogP contribution is -2.42. The van der Waals surface area contributed by atoms with Gasteiger partial charge in [-0.2, -0.15) is 0 Å². The highest BCUT2D eigenvalue weighted by Crippen LogP contribution is 2.29. The largest absolute Gasteiger partial charge is 0.453 e. The van der Waals surface area contributed by atoms with Crippen LogP contribution in [0.25, 0.3) is 10.9 Å². The topological polar surface area (TPSA) is 54.5 Å².